The Kier molecular flexibility index (Phi) is 4.00. The van der Waals surface area contributed by atoms with Gasteiger partial charge in [0.25, 0.3) is 0 Å². The zero-order chi connectivity index (χ0) is 13.8. The maximum Gasteiger partial charge on any atom is 0.326 e. The number of likely N-dealkylation sites (tertiary alicyclic amines) is 1. The molecule has 8 heteroatoms. The normalized spacial score (nSPS) is 22.5. The molecule has 2 atom stereocenters. The monoisotopic (exact) mass is 268 g/mol. The van der Waals surface area contributed by atoms with E-state index in [0.717, 1.165) is 0 Å². The van der Waals surface area contributed by atoms with Gasteiger partial charge in [0.1, 0.15) is 11.9 Å². The average molecular weight is 268 g/mol. The van der Waals surface area contributed by atoms with Crippen LogP contribution < -0.4 is 5.32 Å². The second-order valence-electron chi connectivity index (χ2n) is 4.29. The molecule has 19 heavy (non-hydrogen) atoms. The number of carboxylic acids is 1. The van der Waals surface area contributed by atoms with Gasteiger partial charge in [-0.3, -0.25) is 0 Å². The average Bonchev–Trinajstić information content (AvgIpc) is 3.04. The smallest absolute Gasteiger partial charge is 0.326 e. The quantitative estimate of drug-likeness (QED) is 0.700. The molecule has 0 spiro atoms. The molecule has 1 saturated heterocycles. The van der Waals surface area contributed by atoms with E-state index in [1.54, 1.807) is 12.4 Å². The molecule has 1 aromatic heterocycles. The first kappa shape index (κ1) is 13.3. The molecule has 0 aliphatic carbocycles. The fourth-order valence-electron chi connectivity index (χ4n) is 2.08. The number of carboxylic acid groups (broad SMARTS) is 1. The molecule has 1 aliphatic rings. The molecule has 2 rings (SSSR count). The standard InChI is InChI=1S/C11H16N4O4/c1-19-7-4-8(10(16)17)15(6-7)11(18)14-5-9-12-2-3-13-9/h2-3,7-8H,4-6H2,1H3,(H,12,13)(H,14,18)(H,16,17). The summed E-state index contributed by atoms with van der Waals surface area (Å²) < 4.78 is 5.12. The molecule has 1 aliphatic heterocycles. The summed E-state index contributed by atoms with van der Waals surface area (Å²) >= 11 is 0. The van der Waals surface area contributed by atoms with Gasteiger partial charge in [-0.25, -0.2) is 14.6 Å². The van der Waals surface area contributed by atoms with Gasteiger partial charge in [0, 0.05) is 32.5 Å². The molecule has 0 aromatic carbocycles. The Balaban J connectivity index is 1.94. The number of amides is 2. The Morgan fingerprint density at radius 1 is 1.68 bits per heavy atom. The largest absolute Gasteiger partial charge is 0.480 e. The van der Waals surface area contributed by atoms with Crippen LogP contribution >= 0.6 is 0 Å². The topological polar surface area (TPSA) is 108 Å². The third kappa shape index (κ3) is 3.02. The fourth-order valence-corrected chi connectivity index (χ4v) is 2.08. The molecule has 104 valence electrons. The third-order valence-corrected chi connectivity index (χ3v) is 3.10. The van der Waals surface area contributed by atoms with Crippen LogP contribution in [0, 0.1) is 0 Å². The highest BCUT2D eigenvalue weighted by molar-refractivity contribution is 5.83. The molecule has 3 N–H and O–H groups in total. The Hall–Kier alpha value is -2.09. The summed E-state index contributed by atoms with van der Waals surface area (Å²) in [5, 5.41) is 11.7. The molecule has 2 unspecified atom stereocenters. The van der Waals surface area contributed by atoms with E-state index in [1.165, 1.54) is 12.0 Å². The summed E-state index contributed by atoms with van der Waals surface area (Å²) in [5.41, 5.74) is 0. The van der Waals surface area contributed by atoms with Crippen LogP contribution in [0.25, 0.3) is 0 Å². The number of methoxy groups -OCH3 is 1. The number of hydrogen-bond acceptors (Lipinski definition) is 4. The van der Waals surface area contributed by atoms with Gasteiger partial charge >= 0.3 is 12.0 Å². The predicted octanol–water partition coefficient (Wildman–Crippen LogP) is -0.207. The maximum atomic E-state index is 12.0. The number of urea groups is 1. The van der Waals surface area contributed by atoms with E-state index < -0.39 is 18.0 Å². The number of carbonyl (C=O) groups is 2. The predicted molar refractivity (Wildman–Crippen MR) is 64.4 cm³/mol. The molecule has 0 radical (unpaired) electrons. The number of aromatic nitrogens is 2. The summed E-state index contributed by atoms with van der Waals surface area (Å²) in [7, 11) is 1.51. The van der Waals surface area contributed by atoms with Crippen molar-refractivity contribution >= 4 is 12.0 Å². The number of carbonyl (C=O) groups excluding carboxylic acids is 1. The molecular weight excluding hydrogens is 252 g/mol. The lowest BCUT2D eigenvalue weighted by Crippen LogP contribution is -2.46. The molecular formula is C11H16N4O4. The molecule has 1 aromatic rings. The van der Waals surface area contributed by atoms with E-state index in [4.69, 9.17) is 9.84 Å². The SMILES string of the molecule is COC1CC(C(=O)O)N(C(=O)NCc2ncc[nH]2)C1. The number of hydrogen-bond donors (Lipinski definition) is 3. The maximum absolute atomic E-state index is 12.0. The van der Waals surface area contributed by atoms with Crippen molar-refractivity contribution in [3.63, 3.8) is 0 Å². The van der Waals surface area contributed by atoms with Crippen LogP contribution in [-0.2, 0) is 16.1 Å². The van der Waals surface area contributed by atoms with Crippen molar-refractivity contribution in [2.45, 2.75) is 25.1 Å². The minimum Gasteiger partial charge on any atom is -0.480 e. The minimum atomic E-state index is -1.02. The highest BCUT2D eigenvalue weighted by Crippen LogP contribution is 2.20. The zero-order valence-corrected chi connectivity index (χ0v) is 10.5. The van der Waals surface area contributed by atoms with Crippen LogP contribution in [0.3, 0.4) is 0 Å². The van der Waals surface area contributed by atoms with Crippen molar-refractivity contribution in [1.82, 2.24) is 20.2 Å². The van der Waals surface area contributed by atoms with Gasteiger partial charge in [0.05, 0.1) is 12.6 Å². The van der Waals surface area contributed by atoms with Crippen molar-refractivity contribution in [1.29, 1.82) is 0 Å². The summed E-state index contributed by atoms with van der Waals surface area (Å²) in [6.07, 6.45) is 3.30. The second-order valence-corrected chi connectivity index (χ2v) is 4.29. The number of ether oxygens (including phenoxy) is 1. The number of imidazole rings is 1. The van der Waals surface area contributed by atoms with Crippen LogP contribution in [0.15, 0.2) is 12.4 Å². The van der Waals surface area contributed by atoms with Crippen LogP contribution in [0.5, 0.6) is 0 Å². The Bertz CT molecular complexity index is 448. The van der Waals surface area contributed by atoms with Gasteiger partial charge in [-0.1, -0.05) is 0 Å². The number of nitrogens with zero attached hydrogens (tertiary/aromatic N) is 2. The van der Waals surface area contributed by atoms with Crippen LogP contribution in [0.2, 0.25) is 0 Å². The Morgan fingerprint density at radius 2 is 2.47 bits per heavy atom. The van der Waals surface area contributed by atoms with E-state index in [9.17, 15) is 9.59 Å². The van der Waals surface area contributed by atoms with Crippen molar-refractivity contribution < 1.29 is 19.4 Å². The molecule has 1 fully saturated rings. The van der Waals surface area contributed by atoms with Gasteiger partial charge in [0.2, 0.25) is 0 Å². The number of H-pyrrole nitrogens is 1. The molecule has 8 nitrogen and oxygen atoms in total. The third-order valence-electron chi connectivity index (χ3n) is 3.10. The first-order valence-corrected chi connectivity index (χ1v) is 5.90. The van der Waals surface area contributed by atoms with Crippen molar-refractivity contribution in [3.05, 3.63) is 18.2 Å². The summed E-state index contributed by atoms with van der Waals surface area (Å²) in [5.74, 6) is -0.407. The summed E-state index contributed by atoms with van der Waals surface area (Å²) in [4.78, 5) is 31.2. The van der Waals surface area contributed by atoms with E-state index in [2.05, 4.69) is 15.3 Å². The number of rotatable bonds is 4. The van der Waals surface area contributed by atoms with E-state index in [0.29, 0.717) is 12.2 Å². The van der Waals surface area contributed by atoms with Crippen molar-refractivity contribution in [3.8, 4) is 0 Å². The van der Waals surface area contributed by atoms with Gasteiger partial charge in [-0.15, -0.1) is 0 Å². The first-order chi connectivity index (χ1) is 9.11. The van der Waals surface area contributed by atoms with Gasteiger partial charge in [0.15, 0.2) is 0 Å². The van der Waals surface area contributed by atoms with Crippen LogP contribution in [0.1, 0.15) is 12.2 Å². The minimum absolute atomic E-state index is 0.228. The van der Waals surface area contributed by atoms with Crippen molar-refractivity contribution in [2.24, 2.45) is 0 Å². The number of aliphatic carboxylic acids is 1. The second kappa shape index (κ2) is 5.70. The fraction of sp³-hybridized carbons (Fsp3) is 0.545. The zero-order valence-electron chi connectivity index (χ0n) is 10.5. The van der Waals surface area contributed by atoms with Gasteiger partial charge in [-0.2, -0.15) is 0 Å². The summed E-state index contributed by atoms with van der Waals surface area (Å²) in [6.45, 7) is 0.504. The van der Waals surface area contributed by atoms with Crippen molar-refractivity contribution in [2.75, 3.05) is 13.7 Å². The lowest BCUT2D eigenvalue weighted by Gasteiger charge is -2.21. The molecule has 2 amide bonds. The van der Waals surface area contributed by atoms with E-state index in [1.807, 2.05) is 0 Å². The number of nitrogens with one attached hydrogen (secondary N) is 2. The van der Waals surface area contributed by atoms with E-state index in [-0.39, 0.29) is 19.2 Å². The summed E-state index contributed by atoms with van der Waals surface area (Å²) in [6, 6.07) is -1.27. The molecule has 0 saturated carbocycles. The highest BCUT2D eigenvalue weighted by Gasteiger charge is 2.39. The number of aromatic amines is 1. The lowest BCUT2D eigenvalue weighted by molar-refractivity contribution is -0.141. The first-order valence-electron chi connectivity index (χ1n) is 5.90. The Morgan fingerprint density at radius 3 is 3.05 bits per heavy atom. The highest BCUT2D eigenvalue weighted by atomic mass is 16.5. The van der Waals surface area contributed by atoms with Gasteiger partial charge in [-0.05, 0) is 0 Å². The Labute approximate surface area is 109 Å². The van der Waals surface area contributed by atoms with E-state index >= 15 is 0 Å². The lowest BCUT2D eigenvalue weighted by atomic mass is 10.2. The van der Waals surface area contributed by atoms with Crippen LogP contribution in [0.4, 0.5) is 4.79 Å². The molecule has 2 heterocycles. The van der Waals surface area contributed by atoms with Crippen LogP contribution in [-0.4, -0.2) is 57.8 Å². The molecule has 0 bridgehead atoms. The van der Waals surface area contributed by atoms with Gasteiger partial charge < -0.3 is 25.0 Å².